The molecule has 1 heterocycles. The van der Waals surface area contributed by atoms with Crippen LogP contribution < -0.4 is 5.73 Å². The Hall–Kier alpha value is -0.460. The van der Waals surface area contributed by atoms with Gasteiger partial charge in [0.25, 0.3) is 0 Å². The normalized spacial score (nSPS) is 28.1. The fourth-order valence-corrected chi connectivity index (χ4v) is 3.10. The Morgan fingerprint density at radius 3 is 2.00 bits per heavy atom. The first kappa shape index (κ1) is 15.5. The molecule has 0 aromatic rings. The summed E-state index contributed by atoms with van der Waals surface area (Å²) in [5.74, 6) is 0.0693. The zero-order chi connectivity index (χ0) is 12.8. The fraction of sp³-hybridized carbons (Fsp3) is 0.900. The van der Waals surface area contributed by atoms with Crippen LogP contribution in [0, 0.1) is 0 Å². The van der Waals surface area contributed by atoms with Crippen LogP contribution in [-0.4, -0.2) is 45.0 Å². The Labute approximate surface area is 97.3 Å². The van der Waals surface area contributed by atoms with Gasteiger partial charge in [-0.1, -0.05) is 0 Å². The van der Waals surface area contributed by atoms with Crippen molar-refractivity contribution in [1.82, 2.24) is 0 Å². The lowest BCUT2D eigenvalue weighted by atomic mass is 10.1. The van der Waals surface area contributed by atoms with Crippen molar-refractivity contribution >= 4 is 15.6 Å². The summed E-state index contributed by atoms with van der Waals surface area (Å²) in [6, 6.07) is 0. The predicted octanol–water partition coefficient (Wildman–Crippen LogP) is 0.133. The van der Waals surface area contributed by atoms with Gasteiger partial charge in [0, 0.05) is 26.5 Å². The number of ketones is 1. The molecular weight excluding hydrogens is 230 g/mol. The van der Waals surface area contributed by atoms with Gasteiger partial charge < -0.3 is 10.5 Å². The largest absolute Gasteiger partial charge is 0.383 e. The van der Waals surface area contributed by atoms with Crippen LogP contribution >= 0.6 is 0 Å². The molecule has 0 saturated carbocycles. The van der Waals surface area contributed by atoms with Crippen LogP contribution in [0.5, 0.6) is 0 Å². The zero-order valence-electron chi connectivity index (χ0n) is 10.1. The Kier molecular flexibility index (Phi) is 6.78. The van der Waals surface area contributed by atoms with Gasteiger partial charge in [-0.3, -0.25) is 4.79 Å². The second-order valence-corrected chi connectivity index (χ2v) is 6.73. The topological polar surface area (TPSA) is 86.5 Å². The molecule has 16 heavy (non-hydrogen) atoms. The van der Waals surface area contributed by atoms with E-state index in [0.29, 0.717) is 13.2 Å². The number of methoxy groups -OCH3 is 1. The van der Waals surface area contributed by atoms with Crippen molar-refractivity contribution in [3.8, 4) is 0 Å². The van der Waals surface area contributed by atoms with Gasteiger partial charge in [0.05, 0.1) is 17.1 Å². The van der Waals surface area contributed by atoms with Crippen molar-refractivity contribution in [3.05, 3.63) is 0 Å². The van der Waals surface area contributed by atoms with Crippen molar-refractivity contribution in [2.24, 2.45) is 5.73 Å². The second-order valence-electron chi connectivity index (χ2n) is 3.94. The van der Waals surface area contributed by atoms with Gasteiger partial charge in [0.15, 0.2) is 9.84 Å². The first-order chi connectivity index (χ1) is 7.36. The predicted molar refractivity (Wildman–Crippen MR) is 63.0 cm³/mol. The monoisotopic (exact) mass is 251 g/mol. The number of rotatable bonds is 2. The van der Waals surface area contributed by atoms with Crippen LogP contribution in [0.3, 0.4) is 0 Å². The molecule has 96 valence electrons. The fourth-order valence-electron chi connectivity index (χ4n) is 1.47. The second kappa shape index (κ2) is 6.98. The molecule has 1 fully saturated rings. The highest BCUT2D eigenvalue weighted by Gasteiger charge is 2.35. The van der Waals surface area contributed by atoms with E-state index in [1.807, 2.05) is 0 Å². The lowest BCUT2D eigenvalue weighted by molar-refractivity contribution is -0.119. The molecule has 0 spiro atoms. The van der Waals surface area contributed by atoms with E-state index >= 15 is 0 Å². The summed E-state index contributed by atoms with van der Waals surface area (Å²) >= 11 is 0. The van der Waals surface area contributed by atoms with Crippen LogP contribution in [0.4, 0.5) is 0 Å². The van der Waals surface area contributed by atoms with Crippen molar-refractivity contribution in [1.29, 1.82) is 0 Å². The molecule has 0 radical (unpaired) electrons. The number of nitrogens with two attached hydrogens (primary N) is 1. The summed E-state index contributed by atoms with van der Waals surface area (Å²) in [6.45, 7) is 4.49. The molecule has 1 saturated heterocycles. The van der Waals surface area contributed by atoms with Crippen molar-refractivity contribution in [2.45, 2.75) is 37.2 Å². The van der Waals surface area contributed by atoms with Crippen molar-refractivity contribution < 1.29 is 17.9 Å². The minimum absolute atomic E-state index is 0.0693. The average Bonchev–Trinajstić information content (AvgIpc) is 2.17. The van der Waals surface area contributed by atoms with E-state index in [-0.39, 0.29) is 18.6 Å². The highest BCUT2D eigenvalue weighted by atomic mass is 32.2. The number of carbonyl (C=O) groups excluding carboxylic acids is 1. The van der Waals surface area contributed by atoms with Crippen LogP contribution in [-0.2, 0) is 19.4 Å². The van der Waals surface area contributed by atoms with Crippen LogP contribution in [0.25, 0.3) is 0 Å². The van der Waals surface area contributed by atoms with Crippen molar-refractivity contribution in [3.63, 3.8) is 0 Å². The molecule has 1 aliphatic heterocycles. The maximum absolute atomic E-state index is 11.3. The van der Waals surface area contributed by atoms with Gasteiger partial charge in [-0.05, 0) is 13.8 Å². The molecule has 0 amide bonds. The summed E-state index contributed by atoms with van der Waals surface area (Å²) in [4.78, 5) is 10.9. The van der Waals surface area contributed by atoms with Gasteiger partial charge in [-0.25, -0.2) is 8.42 Å². The molecule has 0 aromatic carbocycles. The molecular formula is C10H21NO4S. The molecule has 2 unspecified atom stereocenters. The summed E-state index contributed by atoms with van der Waals surface area (Å²) in [7, 11) is -1.36. The summed E-state index contributed by atoms with van der Waals surface area (Å²) in [5.41, 5.74) is 5.01. The van der Waals surface area contributed by atoms with Gasteiger partial charge in [0.2, 0.25) is 0 Å². The first-order valence-electron chi connectivity index (χ1n) is 5.29. The lowest BCUT2D eigenvalue weighted by Crippen LogP contribution is -2.37. The first-order valence-corrected chi connectivity index (χ1v) is 6.90. The third-order valence-corrected chi connectivity index (χ3v) is 5.05. The number of carbonyl (C=O) groups is 1. The minimum Gasteiger partial charge on any atom is -0.383 e. The minimum atomic E-state index is -2.99. The molecule has 1 rings (SSSR count). The average molecular weight is 251 g/mol. The van der Waals surface area contributed by atoms with E-state index in [9.17, 15) is 13.2 Å². The van der Waals surface area contributed by atoms with E-state index < -0.39 is 20.3 Å². The summed E-state index contributed by atoms with van der Waals surface area (Å²) in [5, 5.41) is -0.947. The van der Waals surface area contributed by atoms with E-state index in [4.69, 9.17) is 5.73 Å². The quantitative estimate of drug-likeness (QED) is 0.754. The Bertz CT molecular complexity index is 291. The highest BCUT2D eigenvalue weighted by Crippen LogP contribution is 2.22. The van der Waals surface area contributed by atoms with Crippen molar-refractivity contribution in [2.75, 3.05) is 20.3 Å². The Balaban J connectivity index is 0.000000385. The number of hydrogen-bond donors (Lipinski definition) is 1. The van der Waals surface area contributed by atoms with Gasteiger partial charge in [-0.2, -0.15) is 0 Å². The smallest absolute Gasteiger partial charge is 0.156 e. The lowest BCUT2D eigenvalue weighted by Gasteiger charge is -2.23. The third-order valence-electron chi connectivity index (χ3n) is 2.47. The van der Waals surface area contributed by atoms with E-state index in [0.717, 1.165) is 0 Å². The van der Waals surface area contributed by atoms with Gasteiger partial charge in [-0.15, -0.1) is 0 Å². The number of ether oxygens (including phenoxy) is 1. The molecule has 0 aromatic heterocycles. The maximum atomic E-state index is 11.3. The number of sulfone groups is 1. The molecule has 2 N–H and O–H groups in total. The summed E-state index contributed by atoms with van der Waals surface area (Å²) < 4.78 is 27.2. The Morgan fingerprint density at radius 2 is 1.75 bits per heavy atom. The van der Waals surface area contributed by atoms with E-state index in [1.54, 1.807) is 21.0 Å². The molecule has 6 heteroatoms. The maximum Gasteiger partial charge on any atom is 0.156 e. The van der Waals surface area contributed by atoms with Gasteiger partial charge >= 0.3 is 0 Å². The van der Waals surface area contributed by atoms with Crippen LogP contribution in [0.1, 0.15) is 26.7 Å². The third kappa shape index (κ3) is 4.59. The number of Topliss-reactive ketones (excluding diaryl/α,β-unsaturated/α-hetero) is 1. The highest BCUT2D eigenvalue weighted by molar-refractivity contribution is 7.92. The molecule has 5 nitrogen and oxygen atoms in total. The van der Waals surface area contributed by atoms with Gasteiger partial charge in [0.1, 0.15) is 5.78 Å². The van der Waals surface area contributed by atoms with Crippen LogP contribution in [0.2, 0.25) is 0 Å². The molecule has 0 aliphatic carbocycles. The van der Waals surface area contributed by atoms with E-state index in [1.165, 1.54) is 0 Å². The molecule has 0 bridgehead atoms. The molecule has 2 atom stereocenters. The standard InChI is InChI=1S/C7H12O3S.C3H9NO/c1-5-3-7(8)4-6(2)11(5,9)10;1-5-3-2-4/h5-6H,3-4H2,1-2H3;2-4H2,1H3. The summed E-state index contributed by atoms with van der Waals surface area (Å²) in [6.07, 6.45) is 0.402. The van der Waals surface area contributed by atoms with E-state index in [2.05, 4.69) is 4.74 Å². The Morgan fingerprint density at radius 1 is 1.31 bits per heavy atom. The zero-order valence-corrected chi connectivity index (χ0v) is 10.9. The van der Waals surface area contributed by atoms with Crippen LogP contribution in [0.15, 0.2) is 0 Å². The molecule has 1 aliphatic rings. The SMILES string of the molecule is CC1CC(=O)CC(C)S1(=O)=O.COCCN. The number of hydrogen-bond acceptors (Lipinski definition) is 5.